The number of nitrogens with one attached hydrogen (secondary N) is 1. The van der Waals surface area contributed by atoms with Crippen molar-refractivity contribution in [1.29, 1.82) is 0 Å². The van der Waals surface area contributed by atoms with E-state index < -0.39 is 0 Å². The molecule has 1 fully saturated rings. The highest BCUT2D eigenvalue weighted by Crippen LogP contribution is 2.28. The summed E-state index contributed by atoms with van der Waals surface area (Å²) < 4.78 is 6.28. The predicted octanol–water partition coefficient (Wildman–Crippen LogP) is 3.20. The first kappa shape index (κ1) is 14.8. The summed E-state index contributed by atoms with van der Waals surface area (Å²) >= 11 is 3.55. The normalized spacial score (nSPS) is 25.5. The van der Waals surface area contributed by atoms with E-state index in [9.17, 15) is 0 Å². The summed E-state index contributed by atoms with van der Waals surface area (Å²) in [6, 6.07) is 7.89. The highest BCUT2D eigenvalue weighted by molar-refractivity contribution is 9.10. The lowest BCUT2D eigenvalue weighted by molar-refractivity contribution is 0.325. The summed E-state index contributed by atoms with van der Waals surface area (Å²) in [5, 5.41) is 3.72. The van der Waals surface area contributed by atoms with Crippen molar-refractivity contribution in [2.24, 2.45) is 0 Å². The van der Waals surface area contributed by atoms with Gasteiger partial charge >= 0.3 is 0 Å². The van der Waals surface area contributed by atoms with Crippen molar-refractivity contribution in [2.75, 3.05) is 20.7 Å². The number of methoxy groups -OCH3 is 1. The first-order chi connectivity index (χ1) is 9.01. The highest BCUT2D eigenvalue weighted by atomic mass is 79.9. The zero-order valence-electron chi connectivity index (χ0n) is 12.1. The van der Waals surface area contributed by atoms with Crippen LogP contribution in [-0.4, -0.2) is 37.7 Å². The smallest absolute Gasteiger partial charge is 0.133 e. The van der Waals surface area contributed by atoms with Gasteiger partial charge in [0.1, 0.15) is 5.75 Å². The van der Waals surface area contributed by atoms with Crippen LogP contribution in [0, 0.1) is 0 Å². The van der Waals surface area contributed by atoms with Gasteiger partial charge in [0.15, 0.2) is 0 Å². The summed E-state index contributed by atoms with van der Waals surface area (Å²) in [5.41, 5.74) is 1.29. The SMILES string of the molecule is COc1ccc(C(C)NC2CC(C)N(C)C2)cc1Br. The molecular weight excluding hydrogens is 304 g/mol. The summed E-state index contributed by atoms with van der Waals surface area (Å²) in [6.07, 6.45) is 1.22. The number of benzene rings is 1. The number of hydrogen-bond donors (Lipinski definition) is 1. The van der Waals surface area contributed by atoms with Gasteiger partial charge in [0.2, 0.25) is 0 Å². The maximum absolute atomic E-state index is 5.27. The second kappa shape index (κ2) is 6.25. The van der Waals surface area contributed by atoms with Crippen LogP contribution in [0.2, 0.25) is 0 Å². The van der Waals surface area contributed by atoms with Gasteiger partial charge in [-0.25, -0.2) is 0 Å². The second-order valence-electron chi connectivity index (χ2n) is 5.50. The summed E-state index contributed by atoms with van der Waals surface area (Å²) in [4.78, 5) is 2.41. The fourth-order valence-corrected chi connectivity index (χ4v) is 3.27. The number of ether oxygens (including phenoxy) is 1. The van der Waals surface area contributed by atoms with E-state index in [4.69, 9.17) is 4.74 Å². The molecule has 1 aromatic carbocycles. The van der Waals surface area contributed by atoms with Crippen LogP contribution in [0.25, 0.3) is 0 Å². The minimum Gasteiger partial charge on any atom is -0.496 e. The predicted molar refractivity (Wildman–Crippen MR) is 82.7 cm³/mol. The average molecular weight is 327 g/mol. The standard InChI is InChI=1S/C15H23BrN2O/c1-10-7-13(9-18(10)3)17-11(2)12-5-6-15(19-4)14(16)8-12/h5-6,8,10-11,13,17H,7,9H2,1-4H3. The van der Waals surface area contributed by atoms with E-state index in [0.717, 1.165) is 16.8 Å². The Balaban J connectivity index is 2.00. The third-order valence-corrected chi connectivity index (χ3v) is 4.67. The van der Waals surface area contributed by atoms with Crippen LogP contribution in [0.1, 0.15) is 31.9 Å². The van der Waals surface area contributed by atoms with E-state index in [1.54, 1.807) is 7.11 Å². The van der Waals surface area contributed by atoms with Crippen molar-refractivity contribution in [1.82, 2.24) is 10.2 Å². The molecule has 1 N–H and O–H groups in total. The Morgan fingerprint density at radius 3 is 2.74 bits per heavy atom. The molecule has 1 heterocycles. The number of likely N-dealkylation sites (tertiary alicyclic amines) is 1. The Morgan fingerprint density at radius 1 is 1.47 bits per heavy atom. The molecule has 0 radical (unpaired) electrons. The van der Waals surface area contributed by atoms with Crippen LogP contribution in [0.3, 0.4) is 0 Å². The first-order valence-corrected chi connectivity index (χ1v) is 7.60. The highest BCUT2D eigenvalue weighted by Gasteiger charge is 2.27. The van der Waals surface area contributed by atoms with E-state index >= 15 is 0 Å². The van der Waals surface area contributed by atoms with Crippen molar-refractivity contribution < 1.29 is 4.74 Å². The zero-order chi connectivity index (χ0) is 14.0. The van der Waals surface area contributed by atoms with Crippen molar-refractivity contribution in [3.05, 3.63) is 28.2 Å². The van der Waals surface area contributed by atoms with Crippen molar-refractivity contribution in [3.8, 4) is 5.75 Å². The summed E-state index contributed by atoms with van der Waals surface area (Å²) in [6.45, 7) is 5.64. The van der Waals surface area contributed by atoms with E-state index in [1.165, 1.54) is 12.0 Å². The van der Waals surface area contributed by atoms with Gasteiger partial charge in [0.05, 0.1) is 11.6 Å². The van der Waals surface area contributed by atoms with Crippen molar-refractivity contribution in [2.45, 2.75) is 38.4 Å². The molecule has 1 aliphatic heterocycles. The minimum atomic E-state index is 0.353. The molecule has 0 amide bonds. The lowest BCUT2D eigenvalue weighted by Crippen LogP contribution is -2.33. The molecule has 3 atom stereocenters. The molecule has 3 unspecified atom stereocenters. The van der Waals surface area contributed by atoms with Gasteiger partial charge in [-0.2, -0.15) is 0 Å². The van der Waals surface area contributed by atoms with Crippen molar-refractivity contribution >= 4 is 15.9 Å². The Labute approximate surface area is 124 Å². The van der Waals surface area contributed by atoms with Gasteiger partial charge in [-0.3, -0.25) is 0 Å². The van der Waals surface area contributed by atoms with Crippen LogP contribution >= 0.6 is 15.9 Å². The molecule has 3 nitrogen and oxygen atoms in total. The molecule has 0 bridgehead atoms. The summed E-state index contributed by atoms with van der Waals surface area (Å²) in [5.74, 6) is 0.880. The van der Waals surface area contributed by atoms with Gasteiger partial charge in [0.25, 0.3) is 0 Å². The molecule has 1 aliphatic rings. The lowest BCUT2D eigenvalue weighted by Gasteiger charge is -2.20. The van der Waals surface area contributed by atoms with E-state index in [0.29, 0.717) is 18.1 Å². The van der Waals surface area contributed by atoms with Gasteiger partial charge in [-0.15, -0.1) is 0 Å². The largest absolute Gasteiger partial charge is 0.496 e. The number of nitrogens with zero attached hydrogens (tertiary/aromatic N) is 1. The van der Waals surface area contributed by atoms with Crippen molar-refractivity contribution in [3.63, 3.8) is 0 Å². The van der Waals surface area contributed by atoms with Crippen LogP contribution in [0.4, 0.5) is 0 Å². The van der Waals surface area contributed by atoms with E-state index in [2.05, 4.69) is 59.2 Å². The molecule has 1 aromatic rings. The monoisotopic (exact) mass is 326 g/mol. The number of rotatable bonds is 4. The molecule has 2 rings (SSSR count). The van der Waals surface area contributed by atoms with Crippen LogP contribution in [-0.2, 0) is 0 Å². The average Bonchev–Trinajstić information content (AvgIpc) is 2.68. The molecule has 1 saturated heterocycles. The van der Waals surface area contributed by atoms with E-state index in [-0.39, 0.29) is 0 Å². The molecule has 0 aliphatic carbocycles. The van der Waals surface area contributed by atoms with Gasteiger partial charge in [-0.05, 0) is 60.9 Å². The molecule has 0 aromatic heterocycles. The van der Waals surface area contributed by atoms with Gasteiger partial charge in [0, 0.05) is 24.7 Å². The molecule has 0 saturated carbocycles. The number of halogens is 1. The maximum atomic E-state index is 5.27. The Kier molecular flexibility index (Phi) is 4.87. The van der Waals surface area contributed by atoms with Crippen LogP contribution in [0.5, 0.6) is 5.75 Å². The Bertz CT molecular complexity index is 428. The van der Waals surface area contributed by atoms with Gasteiger partial charge < -0.3 is 15.0 Å². The third-order valence-electron chi connectivity index (χ3n) is 4.05. The fourth-order valence-electron chi connectivity index (χ4n) is 2.72. The quantitative estimate of drug-likeness (QED) is 0.919. The number of hydrogen-bond acceptors (Lipinski definition) is 3. The molecule has 4 heteroatoms. The molecule has 19 heavy (non-hydrogen) atoms. The molecule has 106 valence electrons. The fraction of sp³-hybridized carbons (Fsp3) is 0.600. The summed E-state index contributed by atoms with van der Waals surface area (Å²) in [7, 11) is 3.89. The van der Waals surface area contributed by atoms with Gasteiger partial charge in [-0.1, -0.05) is 6.07 Å². The van der Waals surface area contributed by atoms with Crippen LogP contribution in [0.15, 0.2) is 22.7 Å². The third kappa shape index (κ3) is 3.50. The minimum absolute atomic E-state index is 0.353. The van der Waals surface area contributed by atoms with E-state index in [1.807, 2.05) is 6.07 Å². The first-order valence-electron chi connectivity index (χ1n) is 6.81. The Hall–Kier alpha value is -0.580. The second-order valence-corrected chi connectivity index (χ2v) is 6.36. The lowest BCUT2D eigenvalue weighted by atomic mass is 10.1. The van der Waals surface area contributed by atoms with Crippen LogP contribution < -0.4 is 10.1 Å². The molecular formula is C15H23BrN2O. The zero-order valence-corrected chi connectivity index (χ0v) is 13.7. The topological polar surface area (TPSA) is 24.5 Å². The number of likely N-dealkylation sites (N-methyl/N-ethyl adjacent to an activating group) is 1. The molecule has 0 spiro atoms. The Morgan fingerprint density at radius 2 is 2.21 bits per heavy atom. The maximum Gasteiger partial charge on any atom is 0.133 e.